The van der Waals surface area contributed by atoms with Gasteiger partial charge in [-0.25, -0.2) is 4.79 Å². The summed E-state index contributed by atoms with van der Waals surface area (Å²) < 4.78 is 10.5. The molecule has 0 amide bonds. The third-order valence-electron chi connectivity index (χ3n) is 3.57. The number of hydrogen-bond donors (Lipinski definition) is 3. The van der Waals surface area contributed by atoms with Crippen LogP contribution in [0.4, 0.5) is 0 Å². The van der Waals surface area contributed by atoms with E-state index in [1.807, 2.05) is 13.8 Å². The second-order valence-corrected chi connectivity index (χ2v) is 6.40. The molecule has 0 saturated carbocycles. The topological polar surface area (TPSA) is 79.8 Å². The van der Waals surface area contributed by atoms with E-state index >= 15 is 0 Å². The fraction of sp³-hybridized carbons (Fsp3) is 0.412. The van der Waals surface area contributed by atoms with Crippen LogP contribution in [0.3, 0.4) is 0 Å². The third-order valence-corrected chi connectivity index (χ3v) is 3.79. The molecule has 24 heavy (non-hydrogen) atoms. The summed E-state index contributed by atoms with van der Waals surface area (Å²) in [6.45, 7) is 6.07. The lowest BCUT2D eigenvalue weighted by Crippen LogP contribution is -2.45. The van der Waals surface area contributed by atoms with Gasteiger partial charge in [0.1, 0.15) is 0 Å². The fourth-order valence-corrected chi connectivity index (χ4v) is 2.68. The summed E-state index contributed by atoms with van der Waals surface area (Å²) >= 11 is 5.20. The summed E-state index contributed by atoms with van der Waals surface area (Å²) in [5.74, 6) is 0.196. The smallest absolute Gasteiger partial charge is 0.338 e. The molecule has 0 aromatic heterocycles. The molecule has 2 rings (SSSR count). The van der Waals surface area contributed by atoms with Gasteiger partial charge >= 0.3 is 5.97 Å². The van der Waals surface area contributed by atoms with Crippen molar-refractivity contribution in [3.63, 3.8) is 0 Å². The number of aromatic hydroxyl groups is 1. The van der Waals surface area contributed by atoms with Crippen LogP contribution in [0.2, 0.25) is 0 Å². The van der Waals surface area contributed by atoms with Crippen molar-refractivity contribution in [2.75, 3.05) is 13.7 Å². The highest BCUT2D eigenvalue weighted by Gasteiger charge is 2.31. The summed E-state index contributed by atoms with van der Waals surface area (Å²) in [5.41, 5.74) is 1.84. The Balaban J connectivity index is 2.39. The number of thiocarbonyl (C=S) groups is 1. The molecule has 0 radical (unpaired) electrons. The zero-order chi connectivity index (χ0) is 17.9. The van der Waals surface area contributed by atoms with Crippen LogP contribution in [-0.2, 0) is 9.53 Å². The van der Waals surface area contributed by atoms with Gasteiger partial charge in [0.2, 0.25) is 0 Å². The van der Waals surface area contributed by atoms with Crippen molar-refractivity contribution < 1.29 is 19.4 Å². The standard InChI is InChI=1S/C17H22N2O4S/c1-9(2)8-23-16(21)14-10(3)18-17(24)19-15(14)11-5-6-12(20)13(7-11)22-4/h5-7,9,15,20H,8H2,1-4H3,(H2,18,19,24). The van der Waals surface area contributed by atoms with Gasteiger partial charge in [0.25, 0.3) is 0 Å². The summed E-state index contributed by atoms with van der Waals surface area (Å²) in [7, 11) is 1.47. The molecule has 1 unspecified atom stereocenters. The van der Waals surface area contributed by atoms with Gasteiger partial charge in [0, 0.05) is 5.70 Å². The predicted molar refractivity (Wildman–Crippen MR) is 94.8 cm³/mol. The molecule has 1 aliphatic heterocycles. The zero-order valence-electron chi connectivity index (χ0n) is 14.2. The summed E-state index contributed by atoms with van der Waals surface area (Å²) in [6.07, 6.45) is 0. The van der Waals surface area contributed by atoms with Crippen molar-refractivity contribution in [3.8, 4) is 11.5 Å². The number of methoxy groups -OCH3 is 1. The van der Waals surface area contributed by atoms with E-state index in [1.165, 1.54) is 13.2 Å². The number of allylic oxidation sites excluding steroid dienone is 1. The minimum Gasteiger partial charge on any atom is -0.504 e. The molecule has 1 atom stereocenters. The van der Waals surface area contributed by atoms with Gasteiger partial charge in [-0.3, -0.25) is 0 Å². The zero-order valence-corrected chi connectivity index (χ0v) is 15.0. The second kappa shape index (κ2) is 7.53. The molecule has 1 aromatic rings. The molecule has 1 heterocycles. The van der Waals surface area contributed by atoms with Crippen LogP contribution >= 0.6 is 12.2 Å². The van der Waals surface area contributed by atoms with Gasteiger partial charge in [0.05, 0.1) is 25.3 Å². The molecular weight excluding hydrogens is 328 g/mol. The van der Waals surface area contributed by atoms with E-state index < -0.39 is 12.0 Å². The third kappa shape index (κ3) is 3.97. The Morgan fingerprint density at radius 2 is 2.12 bits per heavy atom. The minimum atomic E-state index is -0.479. The molecule has 130 valence electrons. The van der Waals surface area contributed by atoms with Crippen molar-refractivity contribution in [2.45, 2.75) is 26.8 Å². The quantitative estimate of drug-likeness (QED) is 0.556. The highest BCUT2D eigenvalue weighted by molar-refractivity contribution is 7.80. The van der Waals surface area contributed by atoms with E-state index in [2.05, 4.69) is 10.6 Å². The van der Waals surface area contributed by atoms with Crippen LogP contribution in [0, 0.1) is 5.92 Å². The van der Waals surface area contributed by atoms with Crippen molar-refractivity contribution >= 4 is 23.3 Å². The van der Waals surface area contributed by atoms with Gasteiger partial charge in [-0.15, -0.1) is 0 Å². The maximum absolute atomic E-state index is 12.5. The van der Waals surface area contributed by atoms with Crippen LogP contribution < -0.4 is 15.4 Å². The Kier molecular flexibility index (Phi) is 5.66. The molecule has 6 nitrogen and oxygen atoms in total. The molecule has 0 saturated heterocycles. The molecule has 7 heteroatoms. The number of phenolic OH excluding ortho intramolecular Hbond substituents is 1. The number of rotatable bonds is 5. The van der Waals surface area contributed by atoms with Crippen molar-refractivity contribution in [1.29, 1.82) is 0 Å². The first-order valence-corrected chi connectivity index (χ1v) is 8.06. The minimum absolute atomic E-state index is 0.0300. The Hall–Kier alpha value is -2.28. The van der Waals surface area contributed by atoms with Crippen LogP contribution in [-0.4, -0.2) is 29.9 Å². The number of nitrogens with one attached hydrogen (secondary N) is 2. The number of esters is 1. The Labute approximate surface area is 146 Å². The number of hydrogen-bond acceptors (Lipinski definition) is 5. The number of benzene rings is 1. The second-order valence-electron chi connectivity index (χ2n) is 5.99. The molecule has 0 bridgehead atoms. The summed E-state index contributed by atoms with van der Waals surface area (Å²) in [6, 6.07) is 4.43. The highest BCUT2D eigenvalue weighted by Crippen LogP contribution is 2.33. The fourth-order valence-electron chi connectivity index (χ4n) is 2.41. The molecule has 0 spiro atoms. The van der Waals surface area contributed by atoms with E-state index in [0.29, 0.717) is 28.7 Å². The van der Waals surface area contributed by atoms with Crippen LogP contribution in [0.25, 0.3) is 0 Å². The van der Waals surface area contributed by atoms with Gasteiger partial charge in [0.15, 0.2) is 16.6 Å². The van der Waals surface area contributed by atoms with E-state index in [-0.39, 0.29) is 11.7 Å². The van der Waals surface area contributed by atoms with Crippen LogP contribution in [0.15, 0.2) is 29.5 Å². The molecule has 3 N–H and O–H groups in total. The average Bonchev–Trinajstić information content (AvgIpc) is 2.52. The first-order valence-electron chi connectivity index (χ1n) is 7.65. The van der Waals surface area contributed by atoms with Crippen molar-refractivity contribution in [1.82, 2.24) is 10.6 Å². The first-order chi connectivity index (χ1) is 11.3. The maximum atomic E-state index is 12.5. The number of carbonyl (C=O) groups is 1. The normalized spacial score (nSPS) is 17.4. The SMILES string of the molecule is COc1cc(C2NC(=S)NC(C)=C2C(=O)OCC(C)C)ccc1O. The highest BCUT2D eigenvalue weighted by atomic mass is 32.1. The average molecular weight is 350 g/mol. The maximum Gasteiger partial charge on any atom is 0.338 e. The summed E-state index contributed by atoms with van der Waals surface area (Å²) in [5, 5.41) is 16.2. The van der Waals surface area contributed by atoms with E-state index in [4.69, 9.17) is 21.7 Å². The largest absolute Gasteiger partial charge is 0.504 e. The molecule has 1 aliphatic rings. The monoisotopic (exact) mass is 350 g/mol. The number of ether oxygens (including phenoxy) is 2. The molecule has 1 aromatic carbocycles. The van der Waals surface area contributed by atoms with Crippen LogP contribution in [0.5, 0.6) is 11.5 Å². The van der Waals surface area contributed by atoms with Gasteiger partial charge < -0.3 is 25.2 Å². The van der Waals surface area contributed by atoms with Crippen LogP contribution in [0.1, 0.15) is 32.4 Å². The first kappa shape index (κ1) is 18.1. The van der Waals surface area contributed by atoms with Gasteiger partial charge in [-0.05, 0) is 42.8 Å². The van der Waals surface area contributed by atoms with Crippen molar-refractivity contribution in [3.05, 3.63) is 35.0 Å². The Morgan fingerprint density at radius 3 is 2.75 bits per heavy atom. The molecule has 0 fully saturated rings. The lowest BCUT2D eigenvalue weighted by atomic mass is 9.95. The molecule has 0 aliphatic carbocycles. The molecular formula is C17H22N2O4S. The summed E-state index contributed by atoms with van der Waals surface area (Å²) in [4.78, 5) is 12.5. The van der Waals surface area contributed by atoms with E-state index in [1.54, 1.807) is 19.1 Å². The lowest BCUT2D eigenvalue weighted by molar-refractivity contribution is -0.140. The van der Waals surface area contributed by atoms with Gasteiger partial charge in [-0.2, -0.15) is 0 Å². The van der Waals surface area contributed by atoms with Gasteiger partial charge in [-0.1, -0.05) is 19.9 Å². The Morgan fingerprint density at radius 1 is 1.42 bits per heavy atom. The Bertz CT molecular complexity index is 685. The van der Waals surface area contributed by atoms with E-state index in [9.17, 15) is 9.90 Å². The van der Waals surface area contributed by atoms with E-state index in [0.717, 1.165) is 5.56 Å². The predicted octanol–water partition coefficient (Wildman–Crippen LogP) is 2.39. The lowest BCUT2D eigenvalue weighted by Gasteiger charge is -2.30. The number of carbonyl (C=O) groups excluding carboxylic acids is 1. The van der Waals surface area contributed by atoms with Crippen molar-refractivity contribution in [2.24, 2.45) is 5.92 Å². The number of phenols is 1.